The first kappa shape index (κ1) is 12.4. The molecular weight excluding hydrogens is 232 g/mol. The first-order valence-corrected chi connectivity index (χ1v) is 5.93. The van der Waals surface area contributed by atoms with Gasteiger partial charge in [-0.25, -0.2) is 9.59 Å². The quantitative estimate of drug-likeness (QED) is 0.813. The Morgan fingerprint density at radius 2 is 2.06 bits per heavy atom. The molecule has 2 rings (SSSR count). The van der Waals surface area contributed by atoms with Crippen LogP contribution in [0.25, 0.3) is 0 Å². The fourth-order valence-electron chi connectivity index (χ4n) is 2.11. The van der Waals surface area contributed by atoms with E-state index < -0.39 is 6.04 Å². The minimum Gasteiger partial charge on any atom is -0.467 e. The standard InChI is InChI=1S/C13H16N2O3/c1-18-12(16)11-8-5-9-15(11)13(17)14-10-6-3-2-4-7-10/h2-4,6-7,11H,5,8-9H2,1H3,(H,14,17). The number of para-hydroxylation sites is 1. The number of hydrogen-bond donors (Lipinski definition) is 1. The number of ether oxygens (including phenoxy) is 1. The molecule has 1 aromatic rings. The van der Waals surface area contributed by atoms with E-state index in [0.29, 0.717) is 13.0 Å². The van der Waals surface area contributed by atoms with Gasteiger partial charge in [0, 0.05) is 12.2 Å². The Kier molecular flexibility index (Phi) is 3.82. The summed E-state index contributed by atoms with van der Waals surface area (Å²) in [6.45, 7) is 0.582. The van der Waals surface area contributed by atoms with E-state index in [4.69, 9.17) is 4.74 Å². The van der Waals surface area contributed by atoms with Gasteiger partial charge in [0.1, 0.15) is 6.04 Å². The molecule has 1 unspecified atom stereocenters. The first-order valence-electron chi connectivity index (χ1n) is 5.93. The van der Waals surface area contributed by atoms with Gasteiger partial charge in [0.15, 0.2) is 0 Å². The molecule has 5 heteroatoms. The lowest BCUT2D eigenvalue weighted by atomic mass is 10.2. The van der Waals surface area contributed by atoms with Crippen molar-refractivity contribution in [2.45, 2.75) is 18.9 Å². The van der Waals surface area contributed by atoms with Gasteiger partial charge in [-0.3, -0.25) is 0 Å². The van der Waals surface area contributed by atoms with Gasteiger partial charge in [-0.2, -0.15) is 0 Å². The number of carbonyl (C=O) groups excluding carboxylic acids is 2. The summed E-state index contributed by atoms with van der Waals surface area (Å²) in [5, 5.41) is 2.77. The van der Waals surface area contributed by atoms with Crippen molar-refractivity contribution in [3.8, 4) is 0 Å². The largest absolute Gasteiger partial charge is 0.467 e. The van der Waals surface area contributed by atoms with Gasteiger partial charge in [-0.1, -0.05) is 18.2 Å². The topological polar surface area (TPSA) is 58.6 Å². The monoisotopic (exact) mass is 248 g/mol. The zero-order chi connectivity index (χ0) is 13.0. The lowest BCUT2D eigenvalue weighted by Gasteiger charge is -2.22. The third-order valence-electron chi connectivity index (χ3n) is 3.01. The number of anilines is 1. The number of likely N-dealkylation sites (tertiary alicyclic amines) is 1. The summed E-state index contributed by atoms with van der Waals surface area (Å²) in [7, 11) is 1.34. The van der Waals surface area contributed by atoms with Crippen molar-refractivity contribution in [3.05, 3.63) is 30.3 Å². The van der Waals surface area contributed by atoms with E-state index in [1.165, 1.54) is 12.0 Å². The van der Waals surface area contributed by atoms with Crippen LogP contribution in [0.3, 0.4) is 0 Å². The van der Waals surface area contributed by atoms with Crippen LogP contribution in [0.5, 0.6) is 0 Å². The average Bonchev–Trinajstić information content (AvgIpc) is 2.88. The number of esters is 1. The summed E-state index contributed by atoms with van der Waals surface area (Å²) in [6.07, 6.45) is 1.48. The molecule has 0 spiro atoms. The molecule has 1 aromatic carbocycles. The fraction of sp³-hybridized carbons (Fsp3) is 0.385. The Bertz CT molecular complexity index is 433. The Hall–Kier alpha value is -2.04. The zero-order valence-electron chi connectivity index (χ0n) is 10.3. The van der Waals surface area contributed by atoms with Crippen molar-refractivity contribution < 1.29 is 14.3 Å². The number of nitrogens with zero attached hydrogens (tertiary/aromatic N) is 1. The van der Waals surface area contributed by atoms with Crippen molar-refractivity contribution in [2.24, 2.45) is 0 Å². The molecular formula is C13H16N2O3. The summed E-state index contributed by atoms with van der Waals surface area (Å²) >= 11 is 0. The van der Waals surface area contributed by atoms with Crippen LogP contribution < -0.4 is 5.32 Å². The number of amides is 2. The summed E-state index contributed by atoms with van der Waals surface area (Å²) in [4.78, 5) is 25.1. The van der Waals surface area contributed by atoms with Crippen LogP contribution in [0, 0.1) is 0 Å². The van der Waals surface area contributed by atoms with Crippen LogP contribution in [0.4, 0.5) is 10.5 Å². The lowest BCUT2D eigenvalue weighted by Crippen LogP contribution is -2.43. The highest BCUT2D eigenvalue weighted by Crippen LogP contribution is 2.19. The average molecular weight is 248 g/mol. The van der Waals surface area contributed by atoms with Gasteiger partial charge < -0.3 is 15.0 Å². The molecule has 0 bridgehead atoms. The van der Waals surface area contributed by atoms with E-state index in [1.54, 1.807) is 12.1 Å². The first-order chi connectivity index (χ1) is 8.72. The molecule has 1 atom stereocenters. The number of nitrogens with one attached hydrogen (secondary N) is 1. The number of methoxy groups -OCH3 is 1. The SMILES string of the molecule is COC(=O)C1CCCN1C(=O)Nc1ccccc1. The zero-order valence-corrected chi connectivity index (χ0v) is 10.3. The molecule has 0 aliphatic carbocycles. The van der Waals surface area contributed by atoms with E-state index in [9.17, 15) is 9.59 Å². The van der Waals surface area contributed by atoms with Gasteiger partial charge in [0.2, 0.25) is 0 Å². The third kappa shape index (κ3) is 2.61. The Morgan fingerprint density at radius 1 is 1.33 bits per heavy atom. The normalized spacial score (nSPS) is 18.5. The van der Waals surface area contributed by atoms with Gasteiger partial charge in [-0.05, 0) is 25.0 Å². The Morgan fingerprint density at radius 3 is 2.72 bits per heavy atom. The predicted molar refractivity (Wildman–Crippen MR) is 67.2 cm³/mol. The second-order valence-electron chi connectivity index (χ2n) is 4.17. The van der Waals surface area contributed by atoms with Gasteiger partial charge in [0.05, 0.1) is 7.11 Å². The maximum Gasteiger partial charge on any atom is 0.328 e. The molecule has 1 N–H and O–H groups in total. The molecule has 0 radical (unpaired) electrons. The molecule has 18 heavy (non-hydrogen) atoms. The van der Waals surface area contributed by atoms with Gasteiger partial charge in [-0.15, -0.1) is 0 Å². The molecule has 0 saturated carbocycles. The highest BCUT2D eigenvalue weighted by molar-refractivity contribution is 5.92. The molecule has 1 saturated heterocycles. The van der Waals surface area contributed by atoms with Crippen LogP contribution in [-0.2, 0) is 9.53 Å². The summed E-state index contributed by atoms with van der Waals surface area (Å²) < 4.78 is 4.70. The smallest absolute Gasteiger partial charge is 0.328 e. The maximum atomic E-state index is 12.1. The number of rotatable bonds is 2. The van der Waals surface area contributed by atoms with Crippen molar-refractivity contribution in [1.82, 2.24) is 4.90 Å². The van der Waals surface area contributed by atoms with Gasteiger partial charge >= 0.3 is 12.0 Å². The molecule has 5 nitrogen and oxygen atoms in total. The number of urea groups is 1. The highest BCUT2D eigenvalue weighted by atomic mass is 16.5. The molecule has 1 fully saturated rings. The van der Waals surface area contributed by atoms with Crippen molar-refractivity contribution in [3.63, 3.8) is 0 Å². The summed E-state index contributed by atoms with van der Waals surface area (Å²) in [6, 6.07) is 8.47. The van der Waals surface area contributed by atoms with Crippen LogP contribution in [0.2, 0.25) is 0 Å². The van der Waals surface area contributed by atoms with E-state index in [1.807, 2.05) is 18.2 Å². The van der Waals surface area contributed by atoms with Crippen LogP contribution in [0.1, 0.15) is 12.8 Å². The van der Waals surface area contributed by atoms with Crippen LogP contribution in [-0.4, -0.2) is 36.6 Å². The second kappa shape index (κ2) is 5.53. The van der Waals surface area contributed by atoms with Gasteiger partial charge in [0.25, 0.3) is 0 Å². The third-order valence-corrected chi connectivity index (χ3v) is 3.01. The van der Waals surface area contributed by atoms with Crippen molar-refractivity contribution >= 4 is 17.7 Å². The molecule has 1 aliphatic rings. The van der Waals surface area contributed by atoms with E-state index in [-0.39, 0.29) is 12.0 Å². The van der Waals surface area contributed by atoms with Crippen LogP contribution >= 0.6 is 0 Å². The minimum atomic E-state index is -0.460. The van der Waals surface area contributed by atoms with Crippen molar-refractivity contribution in [2.75, 3.05) is 19.0 Å². The van der Waals surface area contributed by atoms with E-state index in [2.05, 4.69) is 5.32 Å². The van der Waals surface area contributed by atoms with Crippen molar-refractivity contribution in [1.29, 1.82) is 0 Å². The minimum absolute atomic E-state index is 0.255. The molecule has 96 valence electrons. The van der Waals surface area contributed by atoms with E-state index >= 15 is 0 Å². The van der Waals surface area contributed by atoms with E-state index in [0.717, 1.165) is 12.1 Å². The maximum absolute atomic E-state index is 12.1. The van der Waals surface area contributed by atoms with Crippen LogP contribution in [0.15, 0.2) is 30.3 Å². The second-order valence-corrected chi connectivity index (χ2v) is 4.17. The molecule has 1 heterocycles. The number of benzene rings is 1. The Balaban J connectivity index is 2.02. The lowest BCUT2D eigenvalue weighted by molar-refractivity contribution is -0.144. The predicted octanol–water partition coefficient (Wildman–Crippen LogP) is 1.86. The molecule has 0 aromatic heterocycles. The Labute approximate surface area is 106 Å². The summed E-state index contributed by atoms with van der Waals surface area (Å²) in [5.74, 6) is -0.351. The molecule has 2 amide bonds. The summed E-state index contributed by atoms with van der Waals surface area (Å²) in [5.41, 5.74) is 0.720. The number of carbonyl (C=O) groups is 2. The number of hydrogen-bond acceptors (Lipinski definition) is 3. The molecule has 1 aliphatic heterocycles. The highest BCUT2D eigenvalue weighted by Gasteiger charge is 2.34. The fourth-order valence-corrected chi connectivity index (χ4v) is 2.11.